The predicted octanol–water partition coefficient (Wildman–Crippen LogP) is 1.46. The number of sulfonamides is 1. The second-order valence-electron chi connectivity index (χ2n) is 10.5. The SMILES string of the molecule is CN1CC(C(=O)NC[C@H](NS(=O)(=O)c2ccc(-c3ccc([SH](=O)=O)cc3)cc2)C(=O)O)C(=O)c2ccc(CNc3ncc[nH]3)cc21. The maximum absolute atomic E-state index is 13.3. The minimum atomic E-state index is -4.33. The molecular weight excluding hydrogens is 636 g/mol. The van der Waals surface area contributed by atoms with Crippen LogP contribution in [0.1, 0.15) is 15.9 Å². The van der Waals surface area contributed by atoms with E-state index in [0.29, 0.717) is 34.9 Å². The number of carbonyl (C=O) groups is 3. The fourth-order valence-corrected chi connectivity index (χ4v) is 6.55. The number of anilines is 2. The van der Waals surface area contributed by atoms with Gasteiger partial charge in [-0.05, 0) is 53.1 Å². The first kappa shape index (κ1) is 32.3. The zero-order valence-electron chi connectivity index (χ0n) is 24.3. The van der Waals surface area contributed by atoms with Crippen molar-refractivity contribution >= 4 is 50.0 Å². The van der Waals surface area contributed by atoms with Crippen molar-refractivity contribution in [3.63, 3.8) is 0 Å². The van der Waals surface area contributed by atoms with Crippen LogP contribution in [0.2, 0.25) is 0 Å². The first-order valence-electron chi connectivity index (χ1n) is 13.9. The molecular formula is C30H30N6O8S2. The van der Waals surface area contributed by atoms with E-state index in [9.17, 15) is 36.3 Å². The number of H-pyrrole nitrogens is 1. The third kappa shape index (κ3) is 7.25. The molecule has 4 aromatic rings. The van der Waals surface area contributed by atoms with Crippen LogP contribution in [0.3, 0.4) is 0 Å². The van der Waals surface area contributed by atoms with E-state index in [2.05, 4.69) is 25.3 Å². The molecule has 2 atom stereocenters. The smallest absolute Gasteiger partial charge is 0.323 e. The molecule has 1 aliphatic heterocycles. The van der Waals surface area contributed by atoms with Gasteiger partial charge >= 0.3 is 5.97 Å². The predicted molar refractivity (Wildman–Crippen MR) is 169 cm³/mol. The van der Waals surface area contributed by atoms with Crippen LogP contribution in [0.15, 0.2) is 88.9 Å². The van der Waals surface area contributed by atoms with Crippen LogP contribution >= 0.6 is 0 Å². The van der Waals surface area contributed by atoms with Crippen LogP contribution < -0.4 is 20.3 Å². The maximum Gasteiger partial charge on any atom is 0.323 e. The van der Waals surface area contributed by atoms with Gasteiger partial charge in [-0.25, -0.2) is 21.8 Å². The molecule has 46 heavy (non-hydrogen) atoms. The van der Waals surface area contributed by atoms with Crippen molar-refractivity contribution in [2.45, 2.75) is 22.4 Å². The van der Waals surface area contributed by atoms with Crippen LogP contribution in [0.4, 0.5) is 11.6 Å². The Kier molecular flexibility index (Phi) is 9.50. The standard InChI is InChI=1S/C30H30N6O8S2/c1-36-17-24(27(37)23-11-2-18(14-26(23)36)15-34-30-31-12-13-32-30)28(38)33-16-25(29(39)40)35-46(43,44)22-9-5-20(6-10-22)19-3-7-21(8-4-19)45(41)42/h2-14,24-25,35,45H,15-17H2,1H3,(H,33,38)(H,39,40)(H2,31,32,34)/t24?,25-/m0/s1. The minimum Gasteiger partial charge on any atom is -0.480 e. The molecule has 14 nitrogen and oxygen atoms in total. The average Bonchev–Trinajstić information content (AvgIpc) is 3.57. The number of ketones is 1. The Balaban J connectivity index is 1.21. The summed E-state index contributed by atoms with van der Waals surface area (Å²) in [6.07, 6.45) is 3.31. The first-order valence-corrected chi connectivity index (χ1v) is 16.6. The van der Waals surface area contributed by atoms with Crippen molar-refractivity contribution in [3.8, 4) is 11.1 Å². The number of hydrogen-bond acceptors (Lipinski definition) is 10. The molecule has 0 fully saturated rings. The Morgan fingerprint density at radius 1 is 1.07 bits per heavy atom. The number of carboxylic acid groups (broad SMARTS) is 1. The van der Waals surface area contributed by atoms with Gasteiger partial charge in [0.25, 0.3) is 0 Å². The lowest BCUT2D eigenvalue weighted by molar-refractivity contribution is -0.139. The number of carbonyl (C=O) groups excluding carboxylic acids is 2. The second-order valence-corrected chi connectivity index (χ2v) is 13.3. The van der Waals surface area contributed by atoms with Crippen LogP contribution in [-0.4, -0.2) is 75.7 Å². The Morgan fingerprint density at radius 3 is 2.35 bits per heavy atom. The fraction of sp³-hybridized carbons (Fsp3) is 0.200. The molecule has 1 aliphatic rings. The highest BCUT2D eigenvalue weighted by molar-refractivity contribution is 7.89. The molecule has 240 valence electrons. The van der Waals surface area contributed by atoms with Gasteiger partial charge in [0.1, 0.15) is 12.0 Å². The number of aromatic nitrogens is 2. The number of carboxylic acids is 1. The Hall–Kier alpha value is -5.06. The number of benzene rings is 3. The van der Waals surface area contributed by atoms with Crippen molar-refractivity contribution < 1.29 is 36.3 Å². The lowest BCUT2D eigenvalue weighted by Gasteiger charge is -2.32. The van der Waals surface area contributed by atoms with Gasteiger partial charge in [0.2, 0.25) is 15.9 Å². The largest absolute Gasteiger partial charge is 0.480 e. The van der Waals surface area contributed by atoms with Crippen LogP contribution in [0.25, 0.3) is 11.1 Å². The summed E-state index contributed by atoms with van der Waals surface area (Å²) in [7, 11) is -5.32. The number of nitrogens with zero attached hydrogens (tertiary/aromatic N) is 2. The highest BCUT2D eigenvalue weighted by atomic mass is 32.2. The summed E-state index contributed by atoms with van der Waals surface area (Å²) in [6, 6.07) is 15.1. The van der Waals surface area contributed by atoms with E-state index in [1.807, 2.05) is 6.07 Å². The van der Waals surface area contributed by atoms with Gasteiger partial charge in [0.15, 0.2) is 22.4 Å². The van der Waals surface area contributed by atoms with Gasteiger partial charge in [-0.3, -0.25) is 14.4 Å². The number of nitrogens with one attached hydrogen (secondary N) is 4. The van der Waals surface area contributed by atoms with Crippen molar-refractivity contribution in [1.82, 2.24) is 20.0 Å². The molecule has 5 N–H and O–H groups in total. The average molecular weight is 667 g/mol. The summed E-state index contributed by atoms with van der Waals surface area (Å²) in [5.41, 5.74) is 3.13. The van der Waals surface area contributed by atoms with E-state index in [-0.39, 0.29) is 16.3 Å². The Bertz CT molecular complexity index is 1940. The number of aliphatic carboxylic acids is 1. The highest BCUT2D eigenvalue weighted by Gasteiger charge is 2.36. The van der Waals surface area contributed by atoms with Gasteiger partial charge in [-0.15, -0.1) is 0 Å². The number of imidazole rings is 1. The molecule has 1 aromatic heterocycles. The third-order valence-corrected chi connectivity index (χ3v) is 9.65. The molecule has 1 unspecified atom stereocenters. The molecule has 0 aliphatic carbocycles. The second kappa shape index (κ2) is 13.5. The normalized spacial score (nSPS) is 15.3. The molecule has 0 saturated heterocycles. The van der Waals surface area contributed by atoms with Crippen molar-refractivity contribution in [1.29, 1.82) is 0 Å². The lowest BCUT2D eigenvalue weighted by Crippen LogP contribution is -2.51. The number of Topliss-reactive ketones (excluding diaryl/α,β-unsaturated/α-hetero) is 1. The summed E-state index contributed by atoms with van der Waals surface area (Å²) < 4.78 is 50.3. The first-order chi connectivity index (χ1) is 21.9. The summed E-state index contributed by atoms with van der Waals surface area (Å²) in [5, 5.41) is 15.3. The molecule has 0 saturated carbocycles. The fourth-order valence-electron chi connectivity index (χ4n) is 4.97. The van der Waals surface area contributed by atoms with Crippen molar-refractivity contribution in [3.05, 3.63) is 90.3 Å². The number of hydrogen-bond donors (Lipinski definition) is 6. The number of fused-ring (bicyclic) bond motifs is 1. The van der Waals surface area contributed by atoms with E-state index in [1.54, 1.807) is 48.6 Å². The quantitative estimate of drug-likeness (QED) is 0.0942. The molecule has 3 aromatic carbocycles. The molecule has 0 radical (unpaired) electrons. The highest BCUT2D eigenvalue weighted by Crippen LogP contribution is 2.30. The Morgan fingerprint density at radius 2 is 1.74 bits per heavy atom. The van der Waals surface area contributed by atoms with Gasteiger partial charge < -0.3 is 25.6 Å². The van der Waals surface area contributed by atoms with Gasteiger partial charge in [0, 0.05) is 50.3 Å². The zero-order chi connectivity index (χ0) is 33.0. The lowest BCUT2D eigenvalue weighted by atomic mass is 9.89. The number of amides is 1. The number of aromatic amines is 1. The third-order valence-electron chi connectivity index (χ3n) is 7.44. The minimum absolute atomic E-state index is 0.0422. The topological polar surface area (TPSA) is 208 Å². The summed E-state index contributed by atoms with van der Waals surface area (Å²) in [5.74, 6) is -3.22. The van der Waals surface area contributed by atoms with E-state index in [4.69, 9.17) is 0 Å². The molecule has 16 heteroatoms. The Labute approximate surface area is 265 Å². The monoisotopic (exact) mass is 666 g/mol. The number of thiol groups is 1. The van der Waals surface area contributed by atoms with Crippen LogP contribution in [-0.2, 0) is 36.9 Å². The van der Waals surface area contributed by atoms with Gasteiger partial charge in [-0.1, -0.05) is 30.3 Å². The maximum atomic E-state index is 13.3. The zero-order valence-corrected chi connectivity index (χ0v) is 26.0. The van der Waals surface area contributed by atoms with E-state index in [0.717, 1.165) is 5.56 Å². The van der Waals surface area contributed by atoms with Gasteiger partial charge in [0.05, 0.1) is 9.79 Å². The molecule has 5 rings (SSSR count). The van der Waals surface area contributed by atoms with Crippen molar-refractivity contribution in [2.75, 3.05) is 30.4 Å². The van der Waals surface area contributed by atoms with Crippen LogP contribution in [0.5, 0.6) is 0 Å². The van der Waals surface area contributed by atoms with E-state index in [1.165, 1.54) is 36.4 Å². The summed E-state index contributed by atoms with van der Waals surface area (Å²) in [6.45, 7) is -0.108. The van der Waals surface area contributed by atoms with E-state index >= 15 is 0 Å². The summed E-state index contributed by atoms with van der Waals surface area (Å²) in [4.78, 5) is 47.0. The van der Waals surface area contributed by atoms with Gasteiger partial charge in [-0.2, -0.15) is 4.72 Å². The van der Waals surface area contributed by atoms with Crippen LogP contribution in [0, 0.1) is 5.92 Å². The molecule has 2 heterocycles. The molecule has 0 bridgehead atoms. The number of rotatable bonds is 12. The van der Waals surface area contributed by atoms with Crippen molar-refractivity contribution in [2.24, 2.45) is 5.92 Å². The molecule has 1 amide bonds. The molecule has 0 spiro atoms. The van der Waals surface area contributed by atoms with E-state index < -0.39 is 56.9 Å². The summed E-state index contributed by atoms with van der Waals surface area (Å²) >= 11 is 0.